The highest BCUT2D eigenvalue weighted by molar-refractivity contribution is 5.86. The van der Waals surface area contributed by atoms with Crippen LogP contribution in [-0.2, 0) is 9.59 Å². The van der Waals surface area contributed by atoms with E-state index in [4.69, 9.17) is 0 Å². The van der Waals surface area contributed by atoms with E-state index in [2.05, 4.69) is 49.1 Å². The van der Waals surface area contributed by atoms with E-state index < -0.39 is 0 Å². The Morgan fingerprint density at radius 2 is 1.72 bits per heavy atom. The lowest BCUT2D eigenvalue weighted by Crippen LogP contribution is -2.51. The van der Waals surface area contributed by atoms with Crippen LogP contribution in [0.1, 0.15) is 29.0 Å². The van der Waals surface area contributed by atoms with Crippen LogP contribution in [0.3, 0.4) is 0 Å². The molecule has 29 heavy (non-hydrogen) atoms. The van der Waals surface area contributed by atoms with Gasteiger partial charge in [0.25, 0.3) is 0 Å². The summed E-state index contributed by atoms with van der Waals surface area (Å²) in [5.74, 6) is 0.339. The zero-order chi connectivity index (χ0) is 20.4. The van der Waals surface area contributed by atoms with Crippen LogP contribution >= 0.6 is 0 Å². The Labute approximate surface area is 172 Å². The second kappa shape index (κ2) is 8.27. The molecule has 2 fully saturated rings. The molecule has 2 heterocycles. The van der Waals surface area contributed by atoms with Crippen LogP contribution < -0.4 is 4.90 Å². The van der Waals surface area contributed by atoms with E-state index in [0.29, 0.717) is 26.1 Å². The van der Waals surface area contributed by atoms with Crippen LogP contribution in [0.4, 0.5) is 5.69 Å². The van der Waals surface area contributed by atoms with E-state index >= 15 is 0 Å². The molecule has 5 nitrogen and oxygen atoms in total. The third-order valence-electron chi connectivity index (χ3n) is 6.14. The highest BCUT2D eigenvalue weighted by atomic mass is 16.2. The van der Waals surface area contributed by atoms with Crippen molar-refractivity contribution in [3.8, 4) is 0 Å². The van der Waals surface area contributed by atoms with E-state index in [1.165, 1.54) is 22.4 Å². The first-order valence-corrected chi connectivity index (χ1v) is 10.4. The molecule has 2 aliphatic rings. The fraction of sp³-hybridized carbons (Fsp3) is 0.417. The third-order valence-corrected chi connectivity index (χ3v) is 6.14. The van der Waals surface area contributed by atoms with Gasteiger partial charge in [-0.2, -0.15) is 0 Å². The SMILES string of the molecule is Cc1ccc(N2CCN(C(=O)CN3C[C@@H](c4ccccc4)CC3=O)CC2)c(C)c1. The van der Waals surface area contributed by atoms with Gasteiger partial charge in [-0.15, -0.1) is 0 Å². The van der Waals surface area contributed by atoms with Gasteiger partial charge in [0, 0.05) is 50.7 Å². The molecule has 0 aromatic heterocycles. The summed E-state index contributed by atoms with van der Waals surface area (Å²) in [5.41, 5.74) is 4.98. The van der Waals surface area contributed by atoms with Crippen LogP contribution in [0, 0.1) is 13.8 Å². The van der Waals surface area contributed by atoms with Gasteiger partial charge in [0.1, 0.15) is 0 Å². The van der Waals surface area contributed by atoms with E-state index in [9.17, 15) is 9.59 Å². The summed E-state index contributed by atoms with van der Waals surface area (Å²) in [6.07, 6.45) is 0.498. The zero-order valence-electron chi connectivity index (χ0n) is 17.3. The Kier molecular flexibility index (Phi) is 5.56. The Morgan fingerprint density at radius 3 is 2.41 bits per heavy atom. The van der Waals surface area contributed by atoms with Gasteiger partial charge in [-0.1, -0.05) is 48.0 Å². The summed E-state index contributed by atoms with van der Waals surface area (Å²) in [5, 5.41) is 0. The smallest absolute Gasteiger partial charge is 0.242 e. The fourth-order valence-electron chi connectivity index (χ4n) is 4.49. The van der Waals surface area contributed by atoms with Crippen molar-refractivity contribution in [1.82, 2.24) is 9.80 Å². The lowest BCUT2D eigenvalue weighted by molar-refractivity contribution is -0.138. The molecule has 0 bridgehead atoms. The lowest BCUT2D eigenvalue weighted by Gasteiger charge is -2.37. The monoisotopic (exact) mass is 391 g/mol. The summed E-state index contributed by atoms with van der Waals surface area (Å²) in [6.45, 7) is 8.15. The first-order chi connectivity index (χ1) is 14.0. The molecule has 2 aromatic carbocycles. The molecule has 2 saturated heterocycles. The number of rotatable bonds is 4. The van der Waals surface area contributed by atoms with Crippen LogP contribution in [-0.4, -0.2) is 60.9 Å². The molecule has 152 valence electrons. The number of hydrogen-bond acceptors (Lipinski definition) is 3. The van der Waals surface area contributed by atoms with Crippen molar-refractivity contribution in [3.05, 3.63) is 65.2 Å². The Hall–Kier alpha value is -2.82. The minimum Gasteiger partial charge on any atom is -0.368 e. The number of likely N-dealkylation sites (tertiary alicyclic amines) is 1. The van der Waals surface area contributed by atoms with Gasteiger partial charge in [0.2, 0.25) is 11.8 Å². The third kappa shape index (κ3) is 4.29. The normalized spacial score (nSPS) is 19.7. The van der Waals surface area contributed by atoms with Crippen molar-refractivity contribution in [2.24, 2.45) is 0 Å². The number of carbonyl (C=O) groups excluding carboxylic acids is 2. The lowest BCUT2D eigenvalue weighted by atomic mass is 9.99. The molecule has 2 amide bonds. The minimum atomic E-state index is 0.0624. The second-order valence-corrected chi connectivity index (χ2v) is 8.24. The summed E-state index contributed by atoms with van der Waals surface area (Å²) in [7, 11) is 0. The second-order valence-electron chi connectivity index (χ2n) is 8.24. The molecule has 2 aromatic rings. The van der Waals surface area contributed by atoms with Crippen molar-refractivity contribution >= 4 is 17.5 Å². The van der Waals surface area contributed by atoms with Gasteiger partial charge in [-0.3, -0.25) is 9.59 Å². The molecule has 0 saturated carbocycles. The first-order valence-electron chi connectivity index (χ1n) is 10.4. The Bertz CT molecular complexity index is 888. The number of anilines is 1. The summed E-state index contributed by atoms with van der Waals surface area (Å²) >= 11 is 0. The minimum absolute atomic E-state index is 0.0624. The topological polar surface area (TPSA) is 43.9 Å². The standard InChI is InChI=1S/C24H29N3O2/c1-18-8-9-22(19(2)14-18)25-10-12-26(13-11-25)24(29)17-27-16-21(15-23(27)28)20-6-4-3-5-7-20/h3-9,14,21H,10-13,15-17H2,1-2H3/t21-/m0/s1. The molecule has 0 unspecified atom stereocenters. The fourth-order valence-corrected chi connectivity index (χ4v) is 4.49. The van der Waals surface area contributed by atoms with Gasteiger partial charge in [-0.25, -0.2) is 0 Å². The first kappa shape index (κ1) is 19.5. The Balaban J connectivity index is 1.31. The molecular formula is C24H29N3O2. The van der Waals surface area contributed by atoms with E-state index in [1.807, 2.05) is 23.1 Å². The number of carbonyl (C=O) groups is 2. The molecule has 2 aliphatic heterocycles. The number of piperazine rings is 1. The van der Waals surface area contributed by atoms with Gasteiger partial charge < -0.3 is 14.7 Å². The van der Waals surface area contributed by atoms with Crippen LogP contribution in [0.25, 0.3) is 0 Å². The zero-order valence-corrected chi connectivity index (χ0v) is 17.3. The highest BCUT2D eigenvalue weighted by Gasteiger charge is 2.33. The van der Waals surface area contributed by atoms with E-state index in [0.717, 1.165) is 13.1 Å². The largest absolute Gasteiger partial charge is 0.368 e. The van der Waals surface area contributed by atoms with E-state index in [1.54, 1.807) is 4.90 Å². The van der Waals surface area contributed by atoms with Gasteiger partial charge in [0.05, 0.1) is 6.54 Å². The highest BCUT2D eigenvalue weighted by Crippen LogP contribution is 2.28. The number of aryl methyl sites for hydroxylation is 2. The number of amides is 2. The maximum Gasteiger partial charge on any atom is 0.242 e. The molecule has 5 heteroatoms. The summed E-state index contributed by atoms with van der Waals surface area (Å²) in [4.78, 5) is 31.2. The predicted molar refractivity (Wildman–Crippen MR) is 115 cm³/mol. The van der Waals surface area contributed by atoms with Crippen molar-refractivity contribution in [2.75, 3.05) is 44.2 Å². The molecule has 0 aliphatic carbocycles. The number of benzene rings is 2. The van der Waals surface area contributed by atoms with Crippen molar-refractivity contribution in [2.45, 2.75) is 26.2 Å². The molecule has 4 rings (SSSR count). The van der Waals surface area contributed by atoms with Crippen LogP contribution in [0.2, 0.25) is 0 Å². The van der Waals surface area contributed by atoms with Crippen LogP contribution in [0.5, 0.6) is 0 Å². The summed E-state index contributed by atoms with van der Waals surface area (Å²) < 4.78 is 0. The maximum absolute atomic E-state index is 12.8. The van der Waals surface area contributed by atoms with E-state index in [-0.39, 0.29) is 24.3 Å². The molecule has 0 N–H and O–H groups in total. The van der Waals surface area contributed by atoms with Crippen LogP contribution in [0.15, 0.2) is 48.5 Å². The average Bonchev–Trinajstić information content (AvgIpc) is 3.09. The average molecular weight is 392 g/mol. The molecule has 0 spiro atoms. The molecule has 1 atom stereocenters. The van der Waals surface area contributed by atoms with Gasteiger partial charge in [0.15, 0.2) is 0 Å². The van der Waals surface area contributed by atoms with Gasteiger partial charge >= 0.3 is 0 Å². The Morgan fingerprint density at radius 1 is 1.00 bits per heavy atom. The van der Waals surface area contributed by atoms with Crippen molar-refractivity contribution in [3.63, 3.8) is 0 Å². The predicted octanol–water partition coefficient (Wildman–Crippen LogP) is 2.97. The molecular weight excluding hydrogens is 362 g/mol. The van der Waals surface area contributed by atoms with Gasteiger partial charge in [-0.05, 0) is 31.0 Å². The molecule has 0 radical (unpaired) electrons. The number of hydrogen-bond donors (Lipinski definition) is 0. The quantitative estimate of drug-likeness (QED) is 0.805. The van der Waals surface area contributed by atoms with Crippen molar-refractivity contribution in [1.29, 1.82) is 0 Å². The maximum atomic E-state index is 12.8. The summed E-state index contributed by atoms with van der Waals surface area (Å²) in [6, 6.07) is 16.6. The van der Waals surface area contributed by atoms with Crippen molar-refractivity contribution < 1.29 is 9.59 Å². The number of nitrogens with zero attached hydrogens (tertiary/aromatic N) is 3.